The summed E-state index contributed by atoms with van der Waals surface area (Å²) in [6.07, 6.45) is 5.65. The van der Waals surface area contributed by atoms with E-state index in [-0.39, 0.29) is 16.9 Å². The zero-order chi connectivity index (χ0) is 25.6. The summed E-state index contributed by atoms with van der Waals surface area (Å²) in [5, 5.41) is 8.75. The Morgan fingerprint density at radius 2 is 1.56 bits per heavy atom. The van der Waals surface area contributed by atoms with Crippen molar-refractivity contribution in [3.8, 4) is 5.75 Å². The van der Waals surface area contributed by atoms with E-state index >= 15 is 0 Å². The van der Waals surface area contributed by atoms with Crippen LogP contribution in [0.4, 0.5) is 11.4 Å². The number of unbranched alkanes of at least 4 members (excludes halogenated alkanes) is 3. The van der Waals surface area contributed by atoms with Crippen LogP contribution in [0, 0.1) is 0 Å². The Morgan fingerprint density at radius 1 is 0.833 bits per heavy atom. The Kier molecular flexibility index (Phi) is 10.9. The molecule has 6 nitrogen and oxygen atoms in total. The van der Waals surface area contributed by atoms with Gasteiger partial charge in [-0.2, -0.15) is 0 Å². The predicted octanol–water partition coefficient (Wildman–Crippen LogP) is 6.34. The van der Waals surface area contributed by atoms with E-state index in [2.05, 4.69) is 22.9 Å². The smallest absolute Gasteiger partial charge is 0.257 e. The molecule has 3 N–H and O–H groups in total. The lowest BCUT2D eigenvalue weighted by molar-refractivity contribution is -0.116. The highest BCUT2D eigenvalue weighted by Gasteiger charge is 2.09. The molecule has 0 unspecified atom stereocenters. The second kappa shape index (κ2) is 14.6. The first-order valence-corrected chi connectivity index (χ1v) is 12.7. The Morgan fingerprint density at radius 3 is 2.28 bits per heavy atom. The van der Waals surface area contributed by atoms with Gasteiger partial charge in [-0.25, -0.2) is 0 Å². The maximum atomic E-state index is 12.6. The topological polar surface area (TPSA) is 79.5 Å². The second-order valence-corrected chi connectivity index (χ2v) is 8.86. The fraction of sp³-hybridized carbons (Fsp3) is 0.276. The molecule has 3 aromatic carbocycles. The van der Waals surface area contributed by atoms with Crippen LogP contribution in [-0.4, -0.2) is 23.5 Å². The monoisotopic (exact) mass is 503 g/mol. The third kappa shape index (κ3) is 9.50. The lowest BCUT2D eigenvalue weighted by Crippen LogP contribution is -2.34. The quantitative estimate of drug-likeness (QED) is 0.198. The van der Waals surface area contributed by atoms with Crippen LogP contribution in [0.3, 0.4) is 0 Å². The van der Waals surface area contributed by atoms with Crippen LogP contribution >= 0.6 is 12.2 Å². The summed E-state index contributed by atoms with van der Waals surface area (Å²) in [5.74, 6) is 0.360. The molecule has 0 aromatic heterocycles. The second-order valence-electron chi connectivity index (χ2n) is 8.46. The minimum atomic E-state index is -0.313. The van der Waals surface area contributed by atoms with Gasteiger partial charge < -0.3 is 15.4 Å². The molecule has 0 aliphatic heterocycles. The number of rotatable bonds is 12. The van der Waals surface area contributed by atoms with E-state index in [1.165, 1.54) is 12.8 Å². The molecule has 7 heteroatoms. The number of hydrogen-bond donors (Lipinski definition) is 3. The van der Waals surface area contributed by atoms with E-state index in [1.54, 1.807) is 42.5 Å². The standard InChI is InChI=1S/C29H33N3O3S/c1-2-3-4-8-20-35-26-17-15-23(16-18-26)28(34)32-29(36)31-25-13-9-12-24(21-25)30-27(33)19-14-22-10-6-5-7-11-22/h5-7,9-13,15-18,21H,2-4,8,14,19-20H2,1H3,(H,30,33)(H2,31,32,34,36). The lowest BCUT2D eigenvalue weighted by atomic mass is 10.1. The Bertz CT molecular complexity index is 1130. The Hall–Kier alpha value is -3.71. The van der Waals surface area contributed by atoms with Gasteiger partial charge in [0.15, 0.2) is 5.11 Å². The molecule has 3 rings (SSSR count). The molecule has 0 atom stereocenters. The maximum absolute atomic E-state index is 12.6. The third-order valence-electron chi connectivity index (χ3n) is 5.50. The SMILES string of the molecule is CCCCCCOc1ccc(C(=O)NC(=S)Nc2cccc(NC(=O)CCc3ccccc3)c2)cc1. The van der Waals surface area contributed by atoms with Gasteiger partial charge in [0.05, 0.1) is 6.61 Å². The minimum Gasteiger partial charge on any atom is -0.494 e. The normalized spacial score (nSPS) is 10.4. The van der Waals surface area contributed by atoms with Crippen molar-refractivity contribution in [2.45, 2.75) is 45.4 Å². The summed E-state index contributed by atoms with van der Waals surface area (Å²) in [6.45, 7) is 2.85. The summed E-state index contributed by atoms with van der Waals surface area (Å²) in [4.78, 5) is 24.9. The zero-order valence-electron chi connectivity index (χ0n) is 20.6. The molecule has 0 spiro atoms. The van der Waals surface area contributed by atoms with Crippen molar-refractivity contribution in [3.63, 3.8) is 0 Å². The van der Waals surface area contributed by atoms with Crippen molar-refractivity contribution in [1.82, 2.24) is 5.32 Å². The van der Waals surface area contributed by atoms with Crippen LogP contribution in [0.1, 0.15) is 54.9 Å². The fourth-order valence-corrected chi connectivity index (χ4v) is 3.77. The first-order valence-electron chi connectivity index (χ1n) is 12.3. The molecule has 188 valence electrons. The van der Waals surface area contributed by atoms with Gasteiger partial charge in [-0.05, 0) is 73.1 Å². The van der Waals surface area contributed by atoms with Gasteiger partial charge in [-0.1, -0.05) is 62.6 Å². The summed E-state index contributed by atoms with van der Waals surface area (Å²) in [5.41, 5.74) is 2.91. The number of anilines is 2. The van der Waals surface area contributed by atoms with Gasteiger partial charge in [-0.3, -0.25) is 14.9 Å². The Balaban J connectivity index is 1.44. The zero-order valence-corrected chi connectivity index (χ0v) is 21.4. The van der Waals surface area contributed by atoms with E-state index in [1.807, 2.05) is 36.4 Å². The number of hydrogen-bond acceptors (Lipinski definition) is 4. The van der Waals surface area contributed by atoms with Crippen LogP contribution in [0.5, 0.6) is 5.75 Å². The molecular formula is C29H33N3O3S. The van der Waals surface area contributed by atoms with Crippen LogP contribution in [0.25, 0.3) is 0 Å². The summed E-state index contributed by atoms with van der Waals surface area (Å²) < 4.78 is 5.72. The minimum absolute atomic E-state index is 0.0692. The summed E-state index contributed by atoms with van der Waals surface area (Å²) in [6, 6.07) is 24.1. The van der Waals surface area contributed by atoms with Gasteiger partial charge in [0.25, 0.3) is 5.91 Å². The first kappa shape index (κ1) is 26.9. The van der Waals surface area contributed by atoms with E-state index in [9.17, 15) is 9.59 Å². The molecule has 0 saturated carbocycles. The van der Waals surface area contributed by atoms with Crippen LogP contribution in [-0.2, 0) is 11.2 Å². The van der Waals surface area contributed by atoms with E-state index in [0.29, 0.717) is 36.4 Å². The first-order chi connectivity index (χ1) is 17.5. The van der Waals surface area contributed by atoms with Gasteiger partial charge in [0.2, 0.25) is 5.91 Å². The molecular weight excluding hydrogens is 470 g/mol. The number of thiocarbonyl (C=S) groups is 1. The highest BCUT2D eigenvalue weighted by Crippen LogP contribution is 2.16. The lowest BCUT2D eigenvalue weighted by Gasteiger charge is -2.12. The molecule has 0 saturated heterocycles. The number of nitrogens with one attached hydrogen (secondary N) is 3. The number of aryl methyl sites for hydroxylation is 1. The fourth-order valence-electron chi connectivity index (χ4n) is 3.56. The highest BCUT2D eigenvalue weighted by atomic mass is 32.1. The molecule has 0 aliphatic carbocycles. The van der Waals surface area contributed by atoms with E-state index in [4.69, 9.17) is 17.0 Å². The number of carbonyl (C=O) groups is 2. The predicted molar refractivity (Wildman–Crippen MR) is 150 cm³/mol. The van der Waals surface area contributed by atoms with Crippen molar-refractivity contribution in [2.24, 2.45) is 0 Å². The molecule has 0 aliphatic rings. The molecule has 0 bridgehead atoms. The number of amides is 2. The molecule has 0 fully saturated rings. The third-order valence-corrected chi connectivity index (χ3v) is 5.70. The average Bonchev–Trinajstić information content (AvgIpc) is 2.88. The van der Waals surface area contributed by atoms with Crippen molar-refractivity contribution < 1.29 is 14.3 Å². The van der Waals surface area contributed by atoms with Crippen molar-refractivity contribution in [3.05, 3.63) is 90.0 Å². The van der Waals surface area contributed by atoms with Gasteiger partial charge >= 0.3 is 0 Å². The summed E-state index contributed by atoms with van der Waals surface area (Å²) >= 11 is 5.30. The molecule has 3 aromatic rings. The van der Waals surface area contributed by atoms with E-state index in [0.717, 1.165) is 24.2 Å². The van der Waals surface area contributed by atoms with Gasteiger partial charge in [-0.15, -0.1) is 0 Å². The van der Waals surface area contributed by atoms with Crippen LogP contribution in [0.2, 0.25) is 0 Å². The van der Waals surface area contributed by atoms with Crippen LogP contribution < -0.4 is 20.7 Å². The largest absolute Gasteiger partial charge is 0.494 e. The number of carbonyl (C=O) groups excluding carboxylic acids is 2. The average molecular weight is 504 g/mol. The number of benzene rings is 3. The highest BCUT2D eigenvalue weighted by molar-refractivity contribution is 7.80. The van der Waals surface area contributed by atoms with Crippen molar-refractivity contribution >= 4 is 40.5 Å². The molecule has 0 radical (unpaired) electrons. The molecule has 0 heterocycles. The Labute approximate surface area is 218 Å². The molecule has 36 heavy (non-hydrogen) atoms. The van der Waals surface area contributed by atoms with Gasteiger partial charge in [0, 0.05) is 23.4 Å². The van der Waals surface area contributed by atoms with Crippen molar-refractivity contribution in [2.75, 3.05) is 17.2 Å². The van der Waals surface area contributed by atoms with Crippen molar-refractivity contribution in [1.29, 1.82) is 0 Å². The maximum Gasteiger partial charge on any atom is 0.257 e. The summed E-state index contributed by atoms with van der Waals surface area (Å²) in [7, 11) is 0. The molecule has 2 amide bonds. The van der Waals surface area contributed by atoms with E-state index < -0.39 is 0 Å². The van der Waals surface area contributed by atoms with Crippen LogP contribution in [0.15, 0.2) is 78.9 Å². The number of ether oxygens (including phenoxy) is 1. The van der Waals surface area contributed by atoms with Gasteiger partial charge in [0.1, 0.15) is 5.75 Å².